The maximum Gasteiger partial charge on any atom is 0.137 e. The van der Waals surface area contributed by atoms with Gasteiger partial charge in [0.25, 0.3) is 0 Å². The first kappa shape index (κ1) is 13.6. The van der Waals surface area contributed by atoms with Gasteiger partial charge in [0.05, 0.1) is 11.1 Å². The van der Waals surface area contributed by atoms with E-state index in [0.29, 0.717) is 11.8 Å². The number of anilines is 1. The van der Waals surface area contributed by atoms with E-state index < -0.39 is 0 Å². The van der Waals surface area contributed by atoms with Crippen LogP contribution in [0.4, 0.5) is 5.82 Å². The summed E-state index contributed by atoms with van der Waals surface area (Å²) in [5.41, 5.74) is 0.940. The van der Waals surface area contributed by atoms with Crippen molar-refractivity contribution < 1.29 is 0 Å². The topological polar surface area (TPSA) is 37.8 Å². The molecule has 1 aliphatic rings. The quantitative estimate of drug-likeness (QED) is 0.859. The Morgan fingerprint density at radius 3 is 3.00 bits per heavy atom. The zero-order chi connectivity index (χ0) is 14.0. The Balaban J connectivity index is 1.95. The van der Waals surface area contributed by atoms with E-state index in [-0.39, 0.29) is 5.54 Å². The van der Waals surface area contributed by atoms with Crippen LogP contribution < -0.4 is 5.32 Å². The summed E-state index contributed by atoms with van der Waals surface area (Å²) in [6, 6.07) is 8.10. The molecule has 1 aliphatic carbocycles. The van der Waals surface area contributed by atoms with E-state index in [1.807, 2.05) is 18.2 Å². The minimum atomic E-state index is -0.0314. The molecule has 20 heavy (non-hydrogen) atoms. The smallest absolute Gasteiger partial charge is 0.137 e. The molecule has 0 spiro atoms. The van der Waals surface area contributed by atoms with E-state index in [1.165, 1.54) is 12.8 Å². The largest absolute Gasteiger partial charge is 0.363 e. The van der Waals surface area contributed by atoms with Gasteiger partial charge in [-0.3, -0.25) is 0 Å². The highest BCUT2D eigenvalue weighted by Gasteiger charge is 2.34. The fourth-order valence-electron chi connectivity index (χ4n) is 3.28. The Bertz CT molecular complexity index is 596. The van der Waals surface area contributed by atoms with Gasteiger partial charge in [0.1, 0.15) is 12.1 Å². The Morgan fingerprint density at radius 2 is 2.20 bits per heavy atom. The lowest BCUT2D eigenvalue weighted by Gasteiger charge is -2.40. The van der Waals surface area contributed by atoms with E-state index in [4.69, 9.17) is 11.6 Å². The summed E-state index contributed by atoms with van der Waals surface area (Å²) in [6.07, 6.45) is 6.36. The van der Waals surface area contributed by atoms with Crippen LogP contribution in [0.15, 0.2) is 30.6 Å². The molecular weight excluding hydrogens is 270 g/mol. The predicted molar refractivity (Wildman–Crippen MR) is 84.2 cm³/mol. The minimum Gasteiger partial charge on any atom is -0.363 e. The van der Waals surface area contributed by atoms with Crippen LogP contribution in [0.5, 0.6) is 0 Å². The molecule has 4 heteroatoms. The Hall–Kier alpha value is -1.35. The number of hydrogen-bond acceptors (Lipinski definition) is 3. The van der Waals surface area contributed by atoms with E-state index in [9.17, 15) is 0 Å². The summed E-state index contributed by atoms with van der Waals surface area (Å²) in [4.78, 5) is 8.75. The molecule has 1 aromatic heterocycles. The number of rotatable bonds is 3. The van der Waals surface area contributed by atoms with Crippen molar-refractivity contribution in [3.05, 3.63) is 30.6 Å². The standard InChI is InChI=1S/C16H20ClN3/c1-12-5-4-8-16(9-12,10-17)20-15-13-6-2-3-7-14(13)18-11-19-15/h2-3,6-7,11-12H,4-5,8-10H2,1H3,(H,18,19,20). The lowest BCUT2D eigenvalue weighted by Crippen LogP contribution is -2.44. The van der Waals surface area contributed by atoms with E-state index in [0.717, 1.165) is 29.6 Å². The van der Waals surface area contributed by atoms with E-state index >= 15 is 0 Å². The number of aromatic nitrogens is 2. The third-order valence-electron chi connectivity index (χ3n) is 4.27. The molecule has 1 saturated carbocycles. The van der Waals surface area contributed by atoms with Gasteiger partial charge in [0.15, 0.2) is 0 Å². The Morgan fingerprint density at radius 1 is 1.35 bits per heavy atom. The van der Waals surface area contributed by atoms with Crippen molar-refractivity contribution in [1.29, 1.82) is 0 Å². The molecule has 106 valence electrons. The number of alkyl halides is 1. The molecule has 3 rings (SSSR count). The van der Waals surface area contributed by atoms with E-state index in [2.05, 4.69) is 28.3 Å². The summed E-state index contributed by atoms with van der Waals surface area (Å²) in [5, 5.41) is 4.70. The van der Waals surface area contributed by atoms with Gasteiger partial charge in [-0.05, 0) is 30.9 Å². The van der Waals surface area contributed by atoms with Crippen LogP contribution in [0.3, 0.4) is 0 Å². The second kappa shape index (κ2) is 5.57. The molecular formula is C16H20ClN3. The number of para-hydroxylation sites is 1. The highest BCUT2D eigenvalue weighted by atomic mass is 35.5. The first-order chi connectivity index (χ1) is 9.72. The van der Waals surface area contributed by atoms with Crippen molar-refractivity contribution in [3.63, 3.8) is 0 Å². The number of benzene rings is 1. The lowest BCUT2D eigenvalue weighted by atomic mass is 9.77. The summed E-state index contributed by atoms with van der Waals surface area (Å²) >= 11 is 6.30. The molecule has 1 aromatic carbocycles. The summed E-state index contributed by atoms with van der Waals surface area (Å²) < 4.78 is 0. The molecule has 2 atom stereocenters. The van der Waals surface area contributed by atoms with Gasteiger partial charge in [-0.2, -0.15) is 0 Å². The van der Waals surface area contributed by atoms with Crippen LogP contribution in [-0.4, -0.2) is 21.4 Å². The van der Waals surface area contributed by atoms with Crippen molar-refractivity contribution in [2.45, 2.75) is 38.1 Å². The number of nitrogens with one attached hydrogen (secondary N) is 1. The van der Waals surface area contributed by atoms with Crippen LogP contribution in [0.25, 0.3) is 10.9 Å². The lowest BCUT2D eigenvalue weighted by molar-refractivity contribution is 0.279. The molecule has 0 amide bonds. The van der Waals surface area contributed by atoms with Gasteiger partial charge < -0.3 is 5.32 Å². The number of hydrogen-bond donors (Lipinski definition) is 1. The maximum absolute atomic E-state index is 6.30. The minimum absolute atomic E-state index is 0.0314. The highest BCUT2D eigenvalue weighted by molar-refractivity contribution is 6.19. The van der Waals surface area contributed by atoms with Crippen LogP contribution in [-0.2, 0) is 0 Å². The van der Waals surface area contributed by atoms with Crippen molar-refractivity contribution in [2.75, 3.05) is 11.2 Å². The molecule has 1 heterocycles. The van der Waals surface area contributed by atoms with Gasteiger partial charge in [-0.15, -0.1) is 11.6 Å². The van der Waals surface area contributed by atoms with Gasteiger partial charge in [-0.1, -0.05) is 31.9 Å². The first-order valence-electron chi connectivity index (χ1n) is 7.26. The van der Waals surface area contributed by atoms with Crippen molar-refractivity contribution >= 4 is 28.3 Å². The zero-order valence-corrected chi connectivity index (χ0v) is 12.5. The third kappa shape index (κ3) is 2.59. The number of fused-ring (bicyclic) bond motifs is 1. The van der Waals surface area contributed by atoms with Crippen LogP contribution in [0.1, 0.15) is 32.6 Å². The first-order valence-corrected chi connectivity index (χ1v) is 7.80. The highest BCUT2D eigenvalue weighted by Crippen LogP contribution is 2.36. The Labute approximate surface area is 124 Å². The number of nitrogens with zero attached hydrogens (tertiary/aromatic N) is 2. The monoisotopic (exact) mass is 289 g/mol. The van der Waals surface area contributed by atoms with Gasteiger partial charge in [0, 0.05) is 11.3 Å². The fourth-order valence-corrected chi connectivity index (χ4v) is 3.59. The second-order valence-corrected chi connectivity index (χ2v) is 6.25. The predicted octanol–water partition coefficient (Wildman–Crippen LogP) is 4.23. The van der Waals surface area contributed by atoms with Crippen molar-refractivity contribution in [1.82, 2.24) is 9.97 Å². The molecule has 2 unspecified atom stereocenters. The van der Waals surface area contributed by atoms with Gasteiger partial charge >= 0.3 is 0 Å². The molecule has 0 saturated heterocycles. The average Bonchev–Trinajstić information content (AvgIpc) is 2.48. The zero-order valence-electron chi connectivity index (χ0n) is 11.8. The van der Waals surface area contributed by atoms with Crippen molar-refractivity contribution in [3.8, 4) is 0 Å². The molecule has 1 fully saturated rings. The molecule has 3 nitrogen and oxygen atoms in total. The maximum atomic E-state index is 6.30. The van der Waals surface area contributed by atoms with Gasteiger partial charge in [0.2, 0.25) is 0 Å². The average molecular weight is 290 g/mol. The molecule has 0 aliphatic heterocycles. The molecule has 2 aromatic rings. The normalized spacial score (nSPS) is 26.6. The van der Waals surface area contributed by atoms with Crippen LogP contribution >= 0.6 is 11.6 Å². The van der Waals surface area contributed by atoms with Gasteiger partial charge in [-0.25, -0.2) is 9.97 Å². The van der Waals surface area contributed by atoms with E-state index in [1.54, 1.807) is 6.33 Å². The molecule has 0 bridgehead atoms. The number of halogens is 1. The molecule has 1 N–H and O–H groups in total. The third-order valence-corrected chi connectivity index (χ3v) is 4.79. The molecule has 0 radical (unpaired) electrons. The Kier molecular flexibility index (Phi) is 3.79. The SMILES string of the molecule is CC1CCCC(CCl)(Nc2ncnc3ccccc23)C1. The second-order valence-electron chi connectivity index (χ2n) is 5.98. The van der Waals surface area contributed by atoms with Crippen LogP contribution in [0, 0.1) is 5.92 Å². The summed E-state index contributed by atoms with van der Waals surface area (Å²) in [7, 11) is 0. The fraction of sp³-hybridized carbons (Fsp3) is 0.500. The van der Waals surface area contributed by atoms with Crippen LogP contribution in [0.2, 0.25) is 0 Å². The summed E-state index contributed by atoms with van der Waals surface area (Å²) in [6.45, 7) is 2.31. The summed E-state index contributed by atoms with van der Waals surface area (Å²) in [5.74, 6) is 2.24. The van der Waals surface area contributed by atoms with Crippen molar-refractivity contribution in [2.24, 2.45) is 5.92 Å².